The monoisotopic (exact) mass is 444 g/mol. The van der Waals surface area contributed by atoms with E-state index < -0.39 is 7.12 Å². The van der Waals surface area contributed by atoms with Crippen molar-refractivity contribution in [2.24, 2.45) is 0 Å². The first-order valence-corrected chi connectivity index (χ1v) is 8.35. The predicted molar refractivity (Wildman–Crippen MR) is 113 cm³/mol. The zero-order valence-electron chi connectivity index (χ0n) is 15.2. The van der Waals surface area contributed by atoms with E-state index in [0.717, 1.165) is 0 Å². The van der Waals surface area contributed by atoms with E-state index in [1.807, 2.05) is 13.0 Å². The van der Waals surface area contributed by atoms with Gasteiger partial charge in [0.25, 0.3) is 0 Å². The van der Waals surface area contributed by atoms with Gasteiger partial charge in [-0.25, -0.2) is 9.97 Å². The summed E-state index contributed by atoms with van der Waals surface area (Å²) in [7, 11) is -1.28. The fraction of sp³-hybridized carbons (Fsp3) is 0.125. The normalized spacial score (nSPS) is 9.54. The molecule has 0 saturated heterocycles. The Morgan fingerprint density at radius 1 is 1.00 bits per heavy atom. The topological polar surface area (TPSA) is 153 Å². The summed E-state index contributed by atoms with van der Waals surface area (Å²) in [4.78, 5) is 21.4. The summed E-state index contributed by atoms with van der Waals surface area (Å²) in [5, 5.41) is 16.0. The first-order chi connectivity index (χ1) is 13.3. The van der Waals surface area contributed by atoms with Gasteiger partial charge in [-0.3, -0.25) is 0 Å². The van der Waals surface area contributed by atoms with Crippen LogP contribution in [-0.4, -0.2) is 37.1 Å². The van der Waals surface area contributed by atoms with Crippen molar-refractivity contribution in [3.05, 3.63) is 63.7 Å². The van der Waals surface area contributed by atoms with Gasteiger partial charge in [-0.1, -0.05) is 31.3 Å². The van der Waals surface area contributed by atoms with Crippen LogP contribution in [0.1, 0.15) is 19.5 Å². The Morgan fingerprint density at radius 2 is 1.54 bits per heavy atom. The van der Waals surface area contributed by atoms with Gasteiger partial charge in [0.05, 0.1) is 12.4 Å². The van der Waals surface area contributed by atoms with Crippen molar-refractivity contribution in [3.8, 4) is 0 Å². The van der Waals surface area contributed by atoms with Crippen molar-refractivity contribution in [1.82, 2.24) is 19.9 Å². The molecule has 2 heterocycles. The molecule has 6 N–H and O–H groups in total. The molecular formula is C16H18BBrN8O2. The Labute approximate surface area is 171 Å². The van der Waals surface area contributed by atoms with E-state index in [1.54, 1.807) is 19.1 Å². The van der Waals surface area contributed by atoms with Crippen LogP contribution in [0.5, 0.6) is 0 Å². The third-order valence-corrected chi connectivity index (χ3v) is 2.85. The largest absolute Gasteiger partial charge is 0.480 e. The Bertz CT molecular complexity index is 906. The molecule has 28 heavy (non-hydrogen) atoms. The molecule has 0 fully saturated rings. The summed E-state index contributed by atoms with van der Waals surface area (Å²) in [6.45, 7) is 16.9. The van der Waals surface area contributed by atoms with E-state index in [2.05, 4.69) is 45.6 Å². The molecule has 0 aliphatic rings. The number of nitrogens with two attached hydrogens (primary N) is 2. The van der Waals surface area contributed by atoms with Gasteiger partial charge >= 0.3 is 18.8 Å². The van der Waals surface area contributed by atoms with Crippen LogP contribution in [0, 0.1) is 13.1 Å². The van der Waals surface area contributed by atoms with Crippen molar-refractivity contribution >= 4 is 52.4 Å². The molecule has 0 unspecified atom stereocenters. The molecule has 10 nitrogen and oxygen atoms in total. The fourth-order valence-corrected chi connectivity index (χ4v) is 1.63. The molecule has 12 heteroatoms. The summed E-state index contributed by atoms with van der Waals surface area (Å²) in [6.07, 6.45) is 8.15. The quantitative estimate of drug-likeness (QED) is 0.407. The summed E-state index contributed by atoms with van der Waals surface area (Å²) < 4.78 is 0.521. The molecule has 0 aliphatic carbocycles. The molecule has 0 atom stereocenters. The van der Waals surface area contributed by atoms with Crippen molar-refractivity contribution in [3.63, 3.8) is 0 Å². The Hall–Kier alpha value is -3.32. The van der Waals surface area contributed by atoms with E-state index >= 15 is 0 Å². The highest BCUT2D eigenvalue weighted by atomic mass is 79.9. The van der Waals surface area contributed by atoms with Gasteiger partial charge in [-0.15, -0.1) is 9.97 Å². The van der Waals surface area contributed by atoms with Gasteiger partial charge in [0.1, 0.15) is 11.6 Å². The molecule has 0 aromatic carbocycles. The number of nitrogens with zero attached hydrogens (tertiary/aromatic N) is 6. The molecule has 0 saturated carbocycles. The number of nitrogen functional groups attached to an aromatic ring is 2. The van der Waals surface area contributed by atoms with Gasteiger partial charge < -0.3 is 31.2 Å². The zero-order valence-corrected chi connectivity index (χ0v) is 16.7. The smallest absolute Gasteiger partial charge is 0.424 e. The lowest BCUT2D eigenvalue weighted by Crippen LogP contribution is -2.04. The minimum absolute atomic E-state index is 0.134. The lowest BCUT2D eigenvalue weighted by atomic mass is 9.92. The number of allylic oxidation sites excluding steroid dienone is 2. The van der Waals surface area contributed by atoms with Crippen LogP contribution in [-0.2, 0) is 0 Å². The van der Waals surface area contributed by atoms with Crippen LogP contribution in [0.4, 0.5) is 23.3 Å². The second-order valence-corrected chi connectivity index (χ2v) is 5.38. The standard InChI is InChI=1S/C8H8N4.C5H3BrN4.C3H7BO2/c1-3-4-6-5-11-7(9)8(10-2)12-6;1-8-5-4(7)9-2-3(6)10-5;1-2-3-4(5)6/h3-5H,1H3,(H2,9,11);2H,(H2,7,9);2-3,5-6H,1H3/b4-3+;;3-2+. The average molecular weight is 445 g/mol. The summed E-state index contributed by atoms with van der Waals surface area (Å²) in [5.74, 6) is 1.91. The molecule has 0 spiro atoms. The maximum absolute atomic E-state index is 8.02. The van der Waals surface area contributed by atoms with E-state index in [0.29, 0.717) is 10.3 Å². The Morgan fingerprint density at radius 3 is 1.93 bits per heavy atom. The molecule has 2 aromatic rings. The van der Waals surface area contributed by atoms with Gasteiger partial charge in [0, 0.05) is 15.9 Å². The van der Waals surface area contributed by atoms with Crippen LogP contribution in [0.3, 0.4) is 0 Å². The maximum Gasteiger partial charge on any atom is 0.480 e. The third kappa shape index (κ3) is 9.99. The van der Waals surface area contributed by atoms with Crippen molar-refractivity contribution in [2.45, 2.75) is 13.8 Å². The second-order valence-electron chi connectivity index (χ2n) is 4.57. The maximum atomic E-state index is 8.02. The van der Waals surface area contributed by atoms with Gasteiger partial charge in [-0.05, 0) is 19.9 Å². The minimum Gasteiger partial charge on any atom is -0.424 e. The average Bonchev–Trinajstić information content (AvgIpc) is 2.66. The van der Waals surface area contributed by atoms with E-state index in [1.165, 1.54) is 18.4 Å². The van der Waals surface area contributed by atoms with Gasteiger partial charge in [0.15, 0.2) is 5.69 Å². The van der Waals surface area contributed by atoms with Crippen molar-refractivity contribution in [2.75, 3.05) is 11.5 Å². The Balaban J connectivity index is 0.000000414. The first kappa shape index (κ1) is 24.7. The van der Waals surface area contributed by atoms with Gasteiger partial charge in [-0.2, -0.15) is 0 Å². The number of rotatable bonds is 2. The highest BCUT2D eigenvalue weighted by molar-refractivity contribution is 9.10. The number of hydrogen-bond acceptors (Lipinski definition) is 8. The molecule has 2 rings (SSSR count). The van der Waals surface area contributed by atoms with Crippen LogP contribution < -0.4 is 11.5 Å². The zero-order chi connectivity index (χ0) is 21.5. The van der Waals surface area contributed by atoms with Crippen LogP contribution >= 0.6 is 15.9 Å². The molecular weight excluding hydrogens is 427 g/mol. The number of anilines is 2. The van der Waals surface area contributed by atoms with Crippen LogP contribution in [0.15, 0.2) is 35.1 Å². The van der Waals surface area contributed by atoms with Gasteiger partial charge in [0.2, 0.25) is 4.60 Å². The molecule has 0 radical (unpaired) electrons. The lowest BCUT2D eigenvalue weighted by Gasteiger charge is -1.93. The highest BCUT2D eigenvalue weighted by Crippen LogP contribution is 2.18. The van der Waals surface area contributed by atoms with E-state index in [-0.39, 0.29) is 23.3 Å². The molecule has 2 aromatic heterocycles. The number of hydrogen-bond donors (Lipinski definition) is 4. The van der Waals surface area contributed by atoms with E-state index in [4.69, 9.17) is 34.7 Å². The van der Waals surface area contributed by atoms with Crippen molar-refractivity contribution in [1.29, 1.82) is 0 Å². The SMILES string of the molecule is C/C=C/B(O)O.[C-]#[N+]c1nc(/C=C/C)cnc1N.[C-]#[N+]c1nc(Br)cnc1N. The van der Waals surface area contributed by atoms with Crippen LogP contribution in [0.25, 0.3) is 15.8 Å². The molecule has 0 aliphatic heterocycles. The summed E-state index contributed by atoms with van der Waals surface area (Å²) in [6, 6.07) is 0. The fourth-order valence-electron chi connectivity index (χ4n) is 1.36. The van der Waals surface area contributed by atoms with Crippen LogP contribution in [0.2, 0.25) is 0 Å². The molecule has 144 valence electrons. The number of halogens is 1. The molecule has 0 bridgehead atoms. The predicted octanol–water partition coefficient (Wildman–Crippen LogP) is 2.59. The van der Waals surface area contributed by atoms with E-state index in [9.17, 15) is 0 Å². The summed E-state index contributed by atoms with van der Waals surface area (Å²) >= 11 is 3.06. The Kier molecular flexibility index (Phi) is 12.2. The summed E-state index contributed by atoms with van der Waals surface area (Å²) in [5.41, 5.74) is 11.3. The molecule has 0 amide bonds. The number of aromatic nitrogens is 4. The minimum atomic E-state index is -1.28. The third-order valence-electron chi connectivity index (χ3n) is 2.47. The van der Waals surface area contributed by atoms with Crippen molar-refractivity contribution < 1.29 is 10.0 Å². The second kappa shape index (κ2) is 13.8. The lowest BCUT2D eigenvalue weighted by molar-refractivity contribution is 0.424. The highest BCUT2D eigenvalue weighted by Gasteiger charge is 2.03. The first-order valence-electron chi connectivity index (χ1n) is 7.56.